The number of carbonyl (C=O) groups excluding carboxylic acids is 1. The molecular formula is C22H22N4O3S. The van der Waals surface area contributed by atoms with Gasteiger partial charge >= 0.3 is 6.09 Å². The maximum Gasteiger partial charge on any atom is 0.419 e. The van der Waals surface area contributed by atoms with Crippen molar-refractivity contribution >= 4 is 28.8 Å². The number of rotatable bonds is 4. The highest BCUT2D eigenvalue weighted by atomic mass is 32.1. The van der Waals surface area contributed by atoms with E-state index in [-0.39, 0.29) is 11.7 Å². The zero-order chi connectivity index (χ0) is 21.1. The normalized spacial score (nSPS) is 14.4. The SMILES string of the molecule is Cc1sccc1-c1cc(N2CCN(C)CC2)ccc1NC(=O)Oc1ccc(C#N)o1. The monoisotopic (exact) mass is 422 g/mol. The van der Waals surface area contributed by atoms with Crippen LogP contribution >= 0.6 is 11.3 Å². The van der Waals surface area contributed by atoms with E-state index in [0.717, 1.165) is 43.0 Å². The highest BCUT2D eigenvalue weighted by molar-refractivity contribution is 7.10. The molecule has 0 saturated carbocycles. The summed E-state index contributed by atoms with van der Waals surface area (Å²) in [7, 11) is 2.13. The van der Waals surface area contributed by atoms with Crippen molar-refractivity contribution in [2.45, 2.75) is 6.92 Å². The molecule has 1 aliphatic heterocycles. The van der Waals surface area contributed by atoms with Crippen LogP contribution in [0.15, 0.2) is 46.2 Å². The van der Waals surface area contributed by atoms with Crippen LogP contribution in [0.2, 0.25) is 0 Å². The Hall–Kier alpha value is -3.28. The molecule has 1 amide bonds. The Morgan fingerprint density at radius 2 is 1.97 bits per heavy atom. The summed E-state index contributed by atoms with van der Waals surface area (Å²) in [6.45, 7) is 6.04. The van der Waals surface area contributed by atoms with Gasteiger partial charge in [0.05, 0.1) is 5.69 Å². The number of carbonyl (C=O) groups is 1. The lowest BCUT2D eigenvalue weighted by atomic mass is 10.0. The topological polar surface area (TPSA) is 81.7 Å². The van der Waals surface area contributed by atoms with Gasteiger partial charge in [-0.3, -0.25) is 5.32 Å². The van der Waals surface area contributed by atoms with Gasteiger partial charge in [-0.05, 0) is 55.2 Å². The molecule has 1 fully saturated rings. The van der Waals surface area contributed by atoms with Crippen LogP contribution in [0.25, 0.3) is 11.1 Å². The van der Waals surface area contributed by atoms with E-state index < -0.39 is 6.09 Å². The predicted molar refractivity (Wildman–Crippen MR) is 117 cm³/mol. The van der Waals surface area contributed by atoms with Gasteiger partial charge in [-0.15, -0.1) is 11.3 Å². The average Bonchev–Trinajstić information content (AvgIpc) is 3.37. The summed E-state index contributed by atoms with van der Waals surface area (Å²) in [5.74, 6) is 0.0651. The maximum absolute atomic E-state index is 12.4. The summed E-state index contributed by atoms with van der Waals surface area (Å²) in [4.78, 5) is 18.3. The highest BCUT2D eigenvalue weighted by Gasteiger charge is 2.19. The molecule has 0 unspecified atom stereocenters. The van der Waals surface area contributed by atoms with Gasteiger partial charge in [0.1, 0.15) is 6.07 Å². The van der Waals surface area contributed by atoms with E-state index >= 15 is 0 Å². The number of amides is 1. The minimum atomic E-state index is -0.671. The van der Waals surface area contributed by atoms with Crippen LogP contribution in [0, 0.1) is 18.3 Å². The van der Waals surface area contributed by atoms with Crippen molar-refractivity contribution in [1.82, 2.24) is 4.90 Å². The van der Waals surface area contributed by atoms with Gasteiger partial charge < -0.3 is 19.0 Å². The number of benzene rings is 1. The van der Waals surface area contributed by atoms with Gasteiger partial charge in [-0.2, -0.15) is 5.26 Å². The smallest absolute Gasteiger partial charge is 0.414 e. The Bertz CT molecular complexity index is 1090. The first-order chi connectivity index (χ1) is 14.5. The van der Waals surface area contributed by atoms with Gasteiger partial charge in [-0.1, -0.05) is 0 Å². The first kappa shape index (κ1) is 20.0. The third kappa shape index (κ3) is 4.32. The van der Waals surface area contributed by atoms with Crippen LogP contribution in [0.5, 0.6) is 5.95 Å². The molecule has 4 rings (SSSR count). The molecule has 1 aliphatic rings. The van der Waals surface area contributed by atoms with Gasteiger partial charge in [0.25, 0.3) is 5.95 Å². The number of aryl methyl sites for hydroxylation is 1. The fourth-order valence-electron chi connectivity index (χ4n) is 3.45. The quantitative estimate of drug-likeness (QED) is 0.664. The molecule has 7 nitrogen and oxygen atoms in total. The number of likely N-dealkylation sites (N-methyl/N-ethyl adjacent to an activating group) is 1. The van der Waals surface area contributed by atoms with Gasteiger partial charge in [0.15, 0.2) is 0 Å². The van der Waals surface area contributed by atoms with E-state index in [0.29, 0.717) is 5.69 Å². The van der Waals surface area contributed by atoms with Crippen LogP contribution in [0.4, 0.5) is 16.2 Å². The summed E-state index contributed by atoms with van der Waals surface area (Å²) in [6, 6.07) is 12.9. The first-order valence-corrected chi connectivity index (χ1v) is 10.5. The van der Waals surface area contributed by atoms with E-state index in [1.165, 1.54) is 17.0 Å². The standard InChI is InChI=1S/C22H22N4O3S/c1-15-18(7-12-30-15)19-13-16(26-10-8-25(2)9-11-26)3-5-20(19)24-22(27)29-21-6-4-17(14-23)28-21/h3-7,12-13H,8-11H2,1-2H3,(H,24,27). The lowest BCUT2D eigenvalue weighted by molar-refractivity contribution is 0.202. The fourth-order valence-corrected chi connectivity index (χ4v) is 4.16. The third-order valence-corrected chi connectivity index (χ3v) is 5.99. The number of nitrogens with zero attached hydrogens (tertiary/aromatic N) is 3. The molecular weight excluding hydrogens is 400 g/mol. The molecule has 2 aromatic heterocycles. The molecule has 1 N–H and O–H groups in total. The van der Waals surface area contributed by atoms with Crippen LogP contribution in [-0.4, -0.2) is 44.2 Å². The number of furan rings is 1. The number of ether oxygens (including phenoxy) is 1. The third-order valence-electron chi connectivity index (χ3n) is 5.14. The van der Waals surface area contributed by atoms with Crippen LogP contribution < -0.4 is 15.0 Å². The molecule has 0 bridgehead atoms. The maximum atomic E-state index is 12.4. The lowest BCUT2D eigenvalue weighted by Gasteiger charge is -2.34. The number of nitrogens with one attached hydrogen (secondary N) is 1. The number of hydrogen-bond donors (Lipinski definition) is 1. The van der Waals surface area contributed by atoms with Crippen LogP contribution in [0.3, 0.4) is 0 Å². The van der Waals surface area contributed by atoms with Crippen LogP contribution in [0.1, 0.15) is 10.6 Å². The molecule has 0 radical (unpaired) electrons. The molecule has 0 atom stereocenters. The summed E-state index contributed by atoms with van der Waals surface area (Å²) < 4.78 is 10.3. The van der Waals surface area contributed by atoms with E-state index in [1.807, 2.05) is 23.6 Å². The summed E-state index contributed by atoms with van der Waals surface area (Å²) in [5.41, 5.74) is 3.81. The zero-order valence-corrected chi connectivity index (χ0v) is 17.7. The second-order valence-corrected chi connectivity index (χ2v) is 8.28. The number of anilines is 2. The number of nitriles is 1. The molecule has 1 aromatic carbocycles. The first-order valence-electron chi connectivity index (χ1n) is 9.64. The summed E-state index contributed by atoms with van der Waals surface area (Å²) in [5, 5.41) is 13.7. The Morgan fingerprint density at radius 1 is 1.17 bits per heavy atom. The van der Waals surface area contributed by atoms with Crippen molar-refractivity contribution in [3.8, 4) is 23.1 Å². The second-order valence-electron chi connectivity index (χ2n) is 7.16. The predicted octanol–water partition coefficient (Wildman–Crippen LogP) is 4.55. The Balaban J connectivity index is 1.59. The van der Waals surface area contributed by atoms with Gasteiger partial charge in [0.2, 0.25) is 5.76 Å². The Kier molecular flexibility index (Phi) is 5.74. The van der Waals surface area contributed by atoms with Crippen molar-refractivity contribution in [1.29, 1.82) is 5.26 Å². The van der Waals surface area contributed by atoms with E-state index in [1.54, 1.807) is 11.3 Å². The number of hydrogen-bond acceptors (Lipinski definition) is 7. The number of piperazine rings is 1. The van der Waals surface area contributed by atoms with Crippen molar-refractivity contribution < 1.29 is 13.9 Å². The average molecular weight is 423 g/mol. The van der Waals surface area contributed by atoms with E-state index in [4.69, 9.17) is 14.4 Å². The lowest BCUT2D eigenvalue weighted by Crippen LogP contribution is -2.44. The largest absolute Gasteiger partial charge is 0.419 e. The summed E-state index contributed by atoms with van der Waals surface area (Å²) in [6.07, 6.45) is -0.671. The van der Waals surface area contributed by atoms with Crippen molar-refractivity contribution in [3.05, 3.63) is 52.4 Å². The summed E-state index contributed by atoms with van der Waals surface area (Å²) >= 11 is 1.67. The second kappa shape index (κ2) is 8.61. The number of thiophene rings is 1. The Labute approximate surface area is 179 Å². The molecule has 3 heterocycles. The van der Waals surface area contributed by atoms with E-state index in [9.17, 15) is 4.79 Å². The molecule has 154 valence electrons. The minimum absolute atomic E-state index is 0.0219. The molecule has 1 saturated heterocycles. The fraction of sp³-hybridized carbons (Fsp3) is 0.273. The van der Waals surface area contributed by atoms with E-state index in [2.05, 4.69) is 41.2 Å². The van der Waals surface area contributed by atoms with Crippen molar-refractivity contribution in [2.24, 2.45) is 0 Å². The van der Waals surface area contributed by atoms with Gasteiger partial charge in [-0.25, -0.2) is 4.79 Å². The molecule has 30 heavy (non-hydrogen) atoms. The Morgan fingerprint density at radius 3 is 2.63 bits per heavy atom. The molecule has 3 aromatic rings. The van der Waals surface area contributed by atoms with Crippen LogP contribution in [-0.2, 0) is 0 Å². The zero-order valence-electron chi connectivity index (χ0n) is 16.8. The molecule has 0 spiro atoms. The van der Waals surface area contributed by atoms with Crippen molar-refractivity contribution in [3.63, 3.8) is 0 Å². The van der Waals surface area contributed by atoms with Crippen molar-refractivity contribution in [2.75, 3.05) is 43.4 Å². The minimum Gasteiger partial charge on any atom is -0.414 e. The van der Waals surface area contributed by atoms with Gasteiger partial charge in [0, 0.05) is 48.4 Å². The molecule has 8 heteroatoms. The highest BCUT2D eigenvalue weighted by Crippen LogP contribution is 2.36. The molecule has 0 aliphatic carbocycles.